The quantitative estimate of drug-likeness (QED) is 0.118. The van der Waals surface area contributed by atoms with E-state index >= 15 is 0 Å². The molecule has 0 aromatic heterocycles. The number of benzene rings is 6. The lowest BCUT2D eigenvalue weighted by Crippen LogP contribution is -2.30. The third-order valence-electron chi connectivity index (χ3n) is 7.57. The SMILES string of the molecule is C.CCC(NP(=O)(c1ccccc1)c1ccccc1)c1ccccc1.O=P(N=Cc1ccccc1)(c1ccccc1)c1ccccc1. The van der Waals surface area contributed by atoms with Crippen molar-refractivity contribution >= 4 is 42.0 Å². The predicted molar refractivity (Wildman–Crippen MR) is 203 cm³/mol. The molecule has 1 unspecified atom stereocenters. The van der Waals surface area contributed by atoms with E-state index in [0.717, 1.165) is 38.8 Å². The fourth-order valence-electron chi connectivity index (χ4n) is 5.11. The van der Waals surface area contributed by atoms with Crippen LogP contribution >= 0.6 is 14.6 Å². The summed E-state index contributed by atoms with van der Waals surface area (Å²) in [6.07, 6.45) is 2.56. The van der Waals surface area contributed by atoms with Gasteiger partial charge in [0, 0.05) is 33.5 Å². The van der Waals surface area contributed by atoms with E-state index in [1.807, 2.05) is 170 Å². The van der Waals surface area contributed by atoms with Gasteiger partial charge in [0.2, 0.25) is 14.6 Å². The van der Waals surface area contributed by atoms with E-state index < -0.39 is 14.6 Å². The van der Waals surface area contributed by atoms with Gasteiger partial charge in [-0.05, 0) is 66.1 Å². The smallest absolute Gasteiger partial charge is 0.247 e. The first-order valence-corrected chi connectivity index (χ1v) is 18.8. The summed E-state index contributed by atoms with van der Waals surface area (Å²) in [5, 5.41) is 6.65. The number of nitrogens with one attached hydrogen (secondary N) is 1. The van der Waals surface area contributed by atoms with E-state index in [9.17, 15) is 9.13 Å². The highest BCUT2D eigenvalue weighted by Gasteiger charge is 2.30. The van der Waals surface area contributed by atoms with Crippen molar-refractivity contribution in [3.05, 3.63) is 193 Å². The van der Waals surface area contributed by atoms with Crippen molar-refractivity contribution in [3.63, 3.8) is 0 Å². The van der Waals surface area contributed by atoms with Crippen molar-refractivity contribution in [1.29, 1.82) is 0 Å². The Kier molecular flexibility index (Phi) is 13.0. The van der Waals surface area contributed by atoms with Crippen molar-refractivity contribution in [2.45, 2.75) is 26.8 Å². The number of rotatable bonds is 10. The Morgan fingerprint density at radius 2 is 0.872 bits per heavy atom. The van der Waals surface area contributed by atoms with Gasteiger partial charge in [0.1, 0.15) is 0 Å². The molecule has 0 heterocycles. The summed E-state index contributed by atoms with van der Waals surface area (Å²) in [7, 11) is -5.93. The molecule has 1 N–H and O–H groups in total. The molecule has 0 aliphatic heterocycles. The zero-order valence-electron chi connectivity index (χ0n) is 25.8. The maximum absolute atomic E-state index is 14.0. The molecular weight excluding hydrogens is 614 g/mol. The molecule has 0 fully saturated rings. The molecule has 6 heteroatoms. The van der Waals surface area contributed by atoms with Gasteiger partial charge in [-0.25, -0.2) is 4.76 Å². The van der Waals surface area contributed by atoms with Gasteiger partial charge in [-0.3, -0.25) is 14.2 Å². The molecule has 0 amide bonds. The van der Waals surface area contributed by atoms with Crippen LogP contribution in [-0.2, 0) is 9.13 Å². The number of hydrogen-bond donors (Lipinski definition) is 1. The molecular formula is C41H42N2O2P2. The van der Waals surface area contributed by atoms with Gasteiger partial charge in [-0.2, -0.15) is 0 Å². The second kappa shape index (κ2) is 17.4. The maximum atomic E-state index is 14.0. The molecule has 0 aliphatic carbocycles. The van der Waals surface area contributed by atoms with Gasteiger partial charge >= 0.3 is 0 Å². The second-order valence-electron chi connectivity index (χ2n) is 10.7. The molecule has 6 aromatic rings. The van der Waals surface area contributed by atoms with Crippen LogP contribution in [0.4, 0.5) is 0 Å². The highest BCUT2D eigenvalue weighted by molar-refractivity contribution is 7.77. The minimum absolute atomic E-state index is 0. The Hall–Kier alpha value is -4.59. The molecule has 6 rings (SSSR count). The van der Waals surface area contributed by atoms with E-state index in [4.69, 9.17) is 0 Å². The Morgan fingerprint density at radius 3 is 1.26 bits per heavy atom. The minimum atomic E-state index is -3.02. The van der Waals surface area contributed by atoms with E-state index in [-0.39, 0.29) is 13.5 Å². The number of nitrogens with zero attached hydrogens (tertiary/aromatic N) is 1. The Bertz CT molecular complexity index is 1800. The van der Waals surface area contributed by atoms with Crippen molar-refractivity contribution in [1.82, 2.24) is 5.09 Å². The Morgan fingerprint density at radius 1 is 0.532 bits per heavy atom. The average Bonchev–Trinajstić information content (AvgIpc) is 3.15. The first-order valence-electron chi connectivity index (χ1n) is 15.4. The third kappa shape index (κ3) is 9.03. The Balaban J connectivity index is 0.000000209. The van der Waals surface area contributed by atoms with E-state index in [0.29, 0.717) is 0 Å². The fraction of sp³-hybridized carbons (Fsp3) is 0.0976. The molecule has 0 saturated carbocycles. The van der Waals surface area contributed by atoms with Gasteiger partial charge in [-0.15, -0.1) is 0 Å². The highest BCUT2D eigenvalue weighted by atomic mass is 31.2. The fourth-order valence-corrected chi connectivity index (χ4v) is 9.67. The molecule has 0 aliphatic rings. The van der Waals surface area contributed by atoms with Crippen molar-refractivity contribution in [3.8, 4) is 0 Å². The summed E-state index contributed by atoms with van der Waals surface area (Å²) in [6, 6.07) is 58.3. The minimum Gasteiger partial charge on any atom is -0.297 e. The second-order valence-corrected chi connectivity index (χ2v) is 15.6. The summed E-state index contributed by atoms with van der Waals surface area (Å²) in [4.78, 5) is 0. The predicted octanol–water partition coefficient (Wildman–Crippen LogP) is 9.33. The largest absolute Gasteiger partial charge is 0.297 e. The van der Waals surface area contributed by atoms with Crippen molar-refractivity contribution in [2.75, 3.05) is 0 Å². The highest BCUT2D eigenvalue weighted by Crippen LogP contribution is 2.45. The third-order valence-corrected chi connectivity index (χ3v) is 12.7. The van der Waals surface area contributed by atoms with Crippen LogP contribution in [0.15, 0.2) is 187 Å². The topological polar surface area (TPSA) is 58.5 Å². The summed E-state index contributed by atoms with van der Waals surface area (Å²) in [5.74, 6) is 0. The zero-order chi connectivity index (χ0) is 32.1. The first kappa shape index (κ1) is 35.3. The maximum Gasteiger partial charge on any atom is 0.247 e. The zero-order valence-corrected chi connectivity index (χ0v) is 27.6. The van der Waals surface area contributed by atoms with Gasteiger partial charge in [0.25, 0.3) is 0 Å². The molecule has 47 heavy (non-hydrogen) atoms. The van der Waals surface area contributed by atoms with Crippen LogP contribution in [0.5, 0.6) is 0 Å². The number of hydrogen-bond acceptors (Lipinski definition) is 2. The molecule has 0 radical (unpaired) electrons. The summed E-state index contributed by atoms with van der Waals surface area (Å²) in [5.41, 5.74) is 2.10. The summed E-state index contributed by atoms with van der Waals surface area (Å²) >= 11 is 0. The lowest BCUT2D eigenvalue weighted by molar-refractivity contribution is 0.555. The average molecular weight is 657 g/mol. The molecule has 238 valence electrons. The normalized spacial score (nSPS) is 11.9. The molecule has 1 atom stereocenters. The molecule has 0 saturated heterocycles. The lowest BCUT2D eigenvalue weighted by Gasteiger charge is -2.26. The molecule has 4 nitrogen and oxygen atoms in total. The van der Waals surface area contributed by atoms with E-state index in [2.05, 4.69) is 28.9 Å². The van der Waals surface area contributed by atoms with Crippen molar-refractivity contribution < 1.29 is 9.13 Å². The van der Waals surface area contributed by atoms with Crippen LogP contribution in [0.1, 0.15) is 37.9 Å². The van der Waals surface area contributed by atoms with E-state index in [1.54, 1.807) is 6.21 Å². The van der Waals surface area contributed by atoms with E-state index in [1.165, 1.54) is 0 Å². The van der Waals surface area contributed by atoms with Crippen LogP contribution in [0, 0.1) is 0 Å². The van der Waals surface area contributed by atoms with Crippen molar-refractivity contribution in [2.24, 2.45) is 4.76 Å². The van der Waals surface area contributed by atoms with Gasteiger partial charge in [0.15, 0.2) is 0 Å². The van der Waals surface area contributed by atoms with Gasteiger partial charge in [0.05, 0.1) is 0 Å². The molecule has 0 spiro atoms. The lowest BCUT2D eigenvalue weighted by atomic mass is 10.1. The van der Waals surface area contributed by atoms with Gasteiger partial charge < -0.3 is 0 Å². The van der Waals surface area contributed by atoms with Crippen LogP contribution < -0.4 is 26.3 Å². The van der Waals surface area contributed by atoms with Crippen LogP contribution in [0.25, 0.3) is 0 Å². The van der Waals surface area contributed by atoms with Gasteiger partial charge in [-0.1, -0.05) is 148 Å². The Labute approximate surface area is 280 Å². The molecule has 0 bridgehead atoms. The molecule has 6 aromatic carbocycles. The van der Waals surface area contributed by atoms with Crippen LogP contribution in [0.3, 0.4) is 0 Å². The monoisotopic (exact) mass is 656 g/mol. The standard InChI is InChI=1S/C21H22NOP.C19H16NOP.CH4/c1-2-21(18-12-6-3-7-13-18)22-24(23,19-14-8-4-9-15-19)20-16-10-5-11-17-20;21-22(18-12-6-2-7-13-18,19-14-8-3-9-15-19)20-16-17-10-4-1-5-11-17;/h3-17,21H,2H2,1H3,(H,22,23);1-16H;1H4. The summed E-state index contributed by atoms with van der Waals surface area (Å²) < 4.78 is 32.1. The first-order chi connectivity index (χ1) is 22.5. The van der Waals surface area contributed by atoms with Crippen LogP contribution in [-0.4, -0.2) is 6.21 Å². The summed E-state index contributed by atoms with van der Waals surface area (Å²) in [6.45, 7) is 2.12. The van der Waals surface area contributed by atoms with Crippen LogP contribution in [0.2, 0.25) is 0 Å².